The molecule has 2 aliphatic heterocycles. The molecule has 1 aromatic rings. The van der Waals surface area contributed by atoms with Gasteiger partial charge in [0.15, 0.2) is 0 Å². The predicted octanol–water partition coefficient (Wildman–Crippen LogP) is 0.662. The lowest BCUT2D eigenvalue weighted by atomic mass is 10.0. The van der Waals surface area contributed by atoms with Gasteiger partial charge in [-0.15, -0.1) is 0 Å². The van der Waals surface area contributed by atoms with Gasteiger partial charge in [-0.05, 0) is 18.1 Å². The number of hydrogen-bond acceptors (Lipinski definition) is 5. The van der Waals surface area contributed by atoms with Crippen molar-refractivity contribution in [2.45, 2.75) is 19.1 Å². The Morgan fingerprint density at radius 2 is 2.35 bits per heavy atom. The third-order valence-corrected chi connectivity index (χ3v) is 4.56. The van der Waals surface area contributed by atoms with Gasteiger partial charge in [0, 0.05) is 45.5 Å². The van der Waals surface area contributed by atoms with Crippen LogP contribution in [0, 0.1) is 5.92 Å². The topological polar surface area (TPSA) is 66.5 Å². The van der Waals surface area contributed by atoms with Gasteiger partial charge in [0.2, 0.25) is 5.91 Å². The zero-order chi connectivity index (χ0) is 16.1. The number of carbonyl (C=O) groups excluding carboxylic acids is 1. The third-order valence-electron chi connectivity index (χ3n) is 4.34. The largest absolute Gasteiger partial charge is 0.375 e. The van der Waals surface area contributed by atoms with Crippen molar-refractivity contribution in [1.82, 2.24) is 20.5 Å². The van der Waals surface area contributed by atoms with Gasteiger partial charge in [-0.1, -0.05) is 17.7 Å². The summed E-state index contributed by atoms with van der Waals surface area (Å²) in [4.78, 5) is 18.3. The molecule has 0 saturated carbocycles. The number of nitrogens with zero attached hydrogens (tertiary/aromatic N) is 2. The molecule has 6 nitrogen and oxygen atoms in total. The Labute approximate surface area is 141 Å². The standard InChI is InChI=1S/C16H23ClN4O2/c17-15-2-1-12(7-20-15)10-21-5-6-23-14(11-21)3-4-19-16(22)13-8-18-9-13/h1-2,7,13-14,18H,3-6,8-11H2,(H,19,22)/t14-/m1/s1. The molecule has 0 aliphatic carbocycles. The summed E-state index contributed by atoms with van der Waals surface area (Å²) >= 11 is 5.81. The van der Waals surface area contributed by atoms with E-state index in [2.05, 4.69) is 20.5 Å². The van der Waals surface area contributed by atoms with Crippen molar-refractivity contribution in [2.24, 2.45) is 5.92 Å². The van der Waals surface area contributed by atoms with Crippen LogP contribution >= 0.6 is 11.6 Å². The summed E-state index contributed by atoms with van der Waals surface area (Å²) in [6.45, 7) is 5.65. The van der Waals surface area contributed by atoms with Crippen molar-refractivity contribution in [3.63, 3.8) is 0 Å². The Morgan fingerprint density at radius 1 is 1.48 bits per heavy atom. The number of nitrogens with one attached hydrogen (secondary N) is 2. The van der Waals surface area contributed by atoms with Crippen LogP contribution in [0.2, 0.25) is 5.15 Å². The van der Waals surface area contributed by atoms with Gasteiger partial charge >= 0.3 is 0 Å². The van der Waals surface area contributed by atoms with Crippen LogP contribution in [-0.2, 0) is 16.1 Å². The van der Waals surface area contributed by atoms with Crippen LogP contribution in [0.25, 0.3) is 0 Å². The molecular weight excluding hydrogens is 316 g/mol. The Morgan fingerprint density at radius 3 is 3.04 bits per heavy atom. The smallest absolute Gasteiger partial charge is 0.225 e. The predicted molar refractivity (Wildman–Crippen MR) is 88.3 cm³/mol. The molecule has 2 N–H and O–H groups in total. The van der Waals surface area contributed by atoms with E-state index in [0.29, 0.717) is 11.7 Å². The van der Waals surface area contributed by atoms with E-state index >= 15 is 0 Å². The van der Waals surface area contributed by atoms with Crippen molar-refractivity contribution >= 4 is 17.5 Å². The molecule has 3 rings (SSSR count). The number of carbonyl (C=O) groups is 1. The summed E-state index contributed by atoms with van der Waals surface area (Å²) in [5.41, 5.74) is 1.15. The molecule has 1 aromatic heterocycles. The van der Waals surface area contributed by atoms with Crippen LogP contribution in [0.3, 0.4) is 0 Å². The molecule has 0 spiro atoms. The van der Waals surface area contributed by atoms with Gasteiger partial charge in [0.05, 0.1) is 18.6 Å². The van der Waals surface area contributed by atoms with E-state index in [4.69, 9.17) is 16.3 Å². The van der Waals surface area contributed by atoms with Crippen LogP contribution in [0.15, 0.2) is 18.3 Å². The maximum Gasteiger partial charge on any atom is 0.225 e. The van der Waals surface area contributed by atoms with Gasteiger partial charge < -0.3 is 15.4 Å². The minimum Gasteiger partial charge on any atom is -0.375 e. The summed E-state index contributed by atoms with van der Waals surface area (Å²) in [5, 5.41) is 6.63. The maximum absolute atomic E-state index is 11.8. The van der Waals surface area contributed by atoms with Crippen LogP contribution in [0.5, 0.6) is 0 Å². The first-order valence-electron chi connectivity index (χ1n) is 8.13. The molecule has 1 amide bonds. The van der Waals surface area contributed by atoms with Crippen molar-refractivity contribution in [3.8, 4) is 0 Å². The SMILES string of the molecule is O=C(NCC[C@@H]1CN(Cc2ccc(Cl)nc2)CCO1)C1CNC1. The summed E-state index contributed by atoms with van der Waals surface area (Å²) < 4.78 is 5.81. The highest BCUT2D eigenvalue weighted by atomic mass is 35.5. The number of aromatic nitrogens is 1. The molecular formula is C16H23ClN4O2. The van der Waals surface area contributed by atoms with E-state index < -0.39 is 0 Å². The molecule has 23 heavy (non-hydrogen) atoms. The quantitative estimate of drug-likeness (QED) is 0.746. The fraction of sp³-hybridized carbons (Fsp3) is 0.625. The van der Waals surface area contributed by atoms with Crippen molar-refractivity contribution < 1.29 is 9.53 Å². The van der Waals surface area contributed by atoms with Crippen molar-refractivity contribution in [1.29, 1.82) is 0 Å². The minimum atomic E-state index is 0.149. The molecule has 7 heteroatoms. The molecule has 2 aliphatic rings. The van der Waals surface area contributed by atoms with Gasteiger partial charge in [-0.3, -0.25) is 9.69 Å². The summed E-state index contributed by atoms with van der Waals surface area (Å²) in [6.07, 6.45) is 2.84. The first-order chi connectivity index (χ1) is 11.2. The van der Waals surface area contributed by atoms with E-state index in [-0.39, 0.29) is 17.9 Å². The van der Waals surface area contributed by atoms with Crippen LogP contribution in [-0.4, -0.2) is 61.2 Å². The Balaban J connectivity index is 1.39. The molecule has 126 valence electrons. The van der Waals surface area contributed by atoms with E-state index in [1.807, 2.05) is 18.3 Å². The first kappa shape index (κ1) is 16.6. The number of morpholine rings is 1. The molecule has 2 fully saturated rings. The van der Waals surface area contributed by atoms with Crippen LogP contribution in [0.4, 0.5) is 0 Å². The van der Waals surface area contributed by atoms with Gasteiger partial charge in [-0.25, -0.2) is 4.98 Å². The van der Waals surface area contributed by atoms with Crippen LogP contribution < -0.4 is 10.6 Å². The number of ether oxygens (including phenoxy) is 1. The van der Waals surface area contributed by atoms with Gasteiger partial charge in [0.25, 0.3) is 0 Å². The molecule has 0 radical (unpaired) electrons. The van der Waals surface area contributed by atoms with E-state index in [0.717, 1.165) is 51.3 Å². The average Bonchev–Trinajstić information content (AvgIpc) is 2.48. The van der Waals surface area contributed by atoms with E-state index in [1.165, 1.54) is 0 Å². The third kappa shape index (κ3) is 4.88. The maximum atomic E-state index is 11.8. The second-order valence-corrected chi connectivity index (χ2v) is 6.54. The number of pyridine rings is 1. The zero-order valence-corrected chi connectivity index (χ0v) is 13.9. The highest BCUT2D eigenvalue weighted by molar-refractivity contribution is 6.29. The Kier molecular flexibility index (Phi) is 5.83. The molecule has 0 bridgehead atoms. The van der Waals surface area contributed by atoms with Gasteiger partial charge in [-0.2, -0.15) is 0 Å². The second kappa shape index (κ2) is 8.06. The zero-order valence-electron chi connectivity index (χ0n) is 13.1. The lowest BCUT2D eigenvalue weighted by Crippen LogP contribution is -2.51. The number of halogens is 1. The fourth-order valence-corrected chi connectivity index (χ4v) is 2.94. The monoisotopic (exact) mass is 338 g/mol. The molecule has 3 heterocycles. The molecule has 0 unspecified atom stereocenters. The molecule has 1 atom stereocenters. The van der Waals surface area contributed by atoms with Crippen molar-refractivity contribution in [2.75, 3.05) is 39.3 Å². The summed E-state index contributed by atoms with van der Waals surface area (Å²) in [5.74, 6) is 0.305. The Hall–Kier alpha value is -1.21. The first-order valence-corrected chi connectivity index (χ1v) is 8.51. The average molecular weight is 339 g/mol. The molecule has 2 saturated heterocycles. The lowest BCUT2D eigenvalue weighted by Gasteiger charge is -2.33. The van der Waals surface area contributed by atoms with Crippen molar-refractivity contribution in [3.05, 3.63) is 29.0 Å². The lowest BCUT2D eigenvalue weighted by molar-refractivity contribution is -0.126. The minimum absolute atomic E-state index is 0.149. The molecule has 0 aromatic carbocycles. The summed E-state index contributed by atoms with van der Waals surface area (Å²) in [7, 11) is 0. The number of amides is 1. The van der Waals surface area contributed by atoms with Gasteiger partial charge in [0.1, 0.15) is 5.15 Å². The highest BCUT2D eigenvalue weighted by Gasteiger charge is 2.25. The van der Waals surface area contributed by atoms with Crippen LogP contribution in [0.1, 0.15) is 12.0 Å². The van der Waals surface area contributed by atoms with E-state index in [9.17, 15) is 4.79 Å². The number of rotatable bonds is 6. The van der Waals surface area contributed by atoms with E-state index in [1.54, 1.807) is 0 Å². The number of hydrogen-bond donors (Lipinski definition) is 2. The second-order valence-electron chi connectivity index (χ2n) is 6.15. The Bertz CT molecular complexity index is 521. The summed E-state index contributed by atoms with van der Waals surface area (Å²) in [6, 6.07) is 3.83. The highest BCUT2D eigenvalue weighted by Crippen LogP contribution is 2.13. The normalized spacial score (nSPS) is 22.6. The fourth-order valence-electron chi connectivity index (χ4n) is 2.83.